The molecule has 0 saturated heterocycles. The molecule has 2 heteroatoms. The lowest BCUT2D eigenvalue weighted by Crippen LogP contribution is -2.17. The van der Waals surface area contributed by atoms with E-state index in [1.165, 1.54) is 0 Å². The second kappa shape index (κ2) is 5.18. The minimum atomic E-state index is 0.364. The minimum Gasteiger partial charge on any atom is -0.378 e. The van der Waals surface area contributed by atoms with E-state index in [0.717, 1.165) is 38.7 Å². The molecule has 0 radical (unpaired) electrons. The molecule has 0 spiro atoms. The highest BCUT2D eigenvalue weighted by Crippen LogP contribution is 2.20. The first-order chi connectivity index (χ1) is 5.83. The number of unbranched alkanes of at least 4 members (excludes halogenated alkanes) is 1. The molecule has 68 valence electrons. The fraction of sp³-hybridized carbons (Fsp3) is 0.800. The van der Waals surface area contributed by atoms with Crippen molar-refractivity contribution in [1.82, 2.24) is 0 Å². The maximum Gasteiger partial charge on any atom is 0.0590 e. The first kappa shape index (κ1) is 9.57. The third-order valence-corrected chi connectivity index (χ3v) is 2.24. The fourth-order valence-corrected chi connectivity index (χ4v) is 1.55. The van der Waals surface area contributed by atoms with Gasteiger partial charge in [0.1, 0.15) is 0 Å². The Labute approximate surface area is 74.5 Å². The second-order valence-corrected chi connectivity index (χ2v) is 3.37. The van der Waals surface area contributed by atoms with E-state index in [-0.39, 0.29) is 0 Å². The zero-order valence-electron chi connectivity index (χ0n) is 7.46. The van der Waals surface area contributed by atoms with Gasteiger partial charge in [-0.3, -0.25) is 0 Å². The van der Waals surface area contributed by atoms with Crippen LogP contribution < -0.4 is 5.73 Å². The number of nitrogens with two attached hydrogens (primary N) is 1. The molecule has 0 amide bonds. The van der Waals surface area contributed by atoms with Gasteiger partial charge in [0.05, 0.1) is 6.10 Å². The fourth-order valence-electron chi connectivity index (χ4n) is 1.55. The van der Waals surface area contributed by atoms with Gasteiger partial charge in [0.15, 0.2) is 0 Å². The highest BCUT2D eigenvalue weighted by molar-refractivity contribution is 4.83. The molecular weight excluding hydrogens is 150 g/mol. The molecule has 1 aliphatic carbocycles. The summed E-state index contributed by atoms with van der Waals surface area (Å²) in [5, 5.41) is 0. The standard InChI is InChI=1S/C10H17NO/c1-2-3-4-7-12-10-6-5-9(11)8-10/h1,9-10H,3-8,11H2. The average Bonchev–Trinajstić information content (AvgIpc) is 2.45. The Morgan fingerprint density at radius 2 is 2.33 bits per heavy atom. The van der Waals surface area contributed by atoms with Gasteiger partial charge in [-0.2, -0.15) is 0 Å². The molecule has 0 heterocycles. The number of terminal acetylenes is 1. The first-order valence-corrected chi connectivity index (χ1v) is 4.63. The quantitative estimate of drug-likeness (QED) is 0.506. The van der Waals surface area contributed by atoms with Crippen LogP contribution in [0.1, 0.15) is 32.1 Å². The normalized spacial score (nSPS) is 28.7. The molecular formula is C10H17NO. The lowest BCUT2D eigenvalue weighted by atomic mass is 10.3. The highest BCUT2D eigenvalue weighted by atomic mass is 16.5. The van der Waals surface area contributed by atoms with Crippen molar-refractivity contribution in [2.75, 3.05) is 6.61 Å². The van der Waals surface area contributed by atoms with Crippen LogP contribution in [0.5, 0.6) is 0 Å². The van der Waals surface area contributed by atoms with Crippen LogP contribution in [0.15, 0.2) is 0 Å². The van der Waals surface area contributed by atoms with Crippen LogP contribution in [-0.2, 0) is 4.74 Å². The van der Waals surface area contributed by atoms with E-state index in [2.05, 4.69) is 5.92 Å². The maximum atomic E-state index is 5.74. The Morgan fingerprint density at radius 3 is 2.92 bits per heavy atom. The lowest BCUT2D eigenvalue weighted by Gasteiger charge is -2.10. The van der Waals surface area contributed by atoms with E-state index in [4.69, 9.17) is 16.9 Å². The van der Waals surface area contributed by atoms with Crippen molar-refractivity contribution in [3.63, 3.8) is 0 Å². The summed E-state index contributed by atoms with van der Waals surface area (Å²) in [6.45, 7) is 0.793. The Hall–Kier alpha value is -0.520. The summed E-state index contributed by atoms with van der Waals surface area (Å²) in [6, 6.07) is 0.364. The van der Waals surface area contributed by atoms with Crippen molar-refractivity contribution < 1.29 is 4.74 Å². The SMILES string of the molecule is C#CCCCOC1CCC(N)C1. The van der Waals surface area contributed by atoms with Gasteiger partial charge < -0.3 is 10.5 Å². The second-order valence-electron chi connectivity index (χ2n) is 3.37. The zero-order chi connectivity index (χ0) is 8.81. The van der Waals surface area contributed by atoms with E-state index in [9.17, 15) is 0 Å². The molecule has 0 aromatic heterocycles. The summed E-state index contributed by atoms with van der Waals surface area (Å²) >= 11 is 0. The monoisotopic (exact) mass is 167 g/mol. The molecule has 12 heavy (non-hydrogen) atoms. The van der Waals surface area contributed by atoms with Gasteiger partial charge in [-0.05, 0) is 25.7 Å². The van der Waals surface area contributed by atoms with Crippen molar-refractivity contribution in [3.05, 3.63) is 0 Å². The number of hydrogen-bond donors (Lipinski definition) is 1. The first-order valence-electron chi connectivity index (χ1n) is 4.63. The van der Waals surface area contributed by atoms with Crippen molar-refractivity contribution >= 4 is 0 Å². The van der Waals surface area contributed by atoms with Crippen molar-refractivity contribution in [3.8, 4) is 12.3 Å². The summed E-state index contributed by atoms with van der Waals surface area (Å²) < 4.78 is 5.60. The molecule has 2 unspecified atom stereocenters. The van der Waals surface area contributed by atoms with Crippen LogP contribution in [0.3, 0.4) is 0 Å². The van der Waals surface area contributed by atoms with Crippen LogP contribution in [0.4, 0.5) is 0 Å². The smallest absolute Gasteiger partial charge is 0.0590 e. The van der Waals surface area contributed by atoms with E-state index in [0.29, 0.717) is 12.1 Å². The molecule has 0 bridgehead atoms. The van der Waals surface area contributed by atoms with Crippen LogP contribution in [0.2, 0.25) is 0 Å². The molecule has 2 atom stereocenters. The summed E-state index contributed by atoms with van der Waals surface area (Å²) in [6.07, 6.45) is 10.6. The summed E-state index contributed by atoms with van der Waals surface area (Å²) in [5.74, 6) is 2.60. The predicted molar refractivity (Wildman–Crippen MR) is 49.6 cm³/mol. The van der Waals surface area contributed by atoms with Crippen molar-refractivity contribution in [1.29, 1.82) is 0 Å². The Bertz CT molecular complexity index is 162. The van der Waals surface area contributed by atoms with Crippen molar-refractivity contribution in [2.45, 2.75) is 44.2 Å². The van der Waals surface area contributed by atoms with Crippen LogP contribution in [0, 0.1) is 12.3 Å². The molecule has 1 aliphatic rings. The Morgan fingerprint density at radius 1 is 1.50 bits per heavy atom. The van der Waals surface area contributed by atoms with Gasteiger partial charge in [0.2, 0.25) is 0 Å². The van der Waals surface area contributed by atoms with Gasteiger partial charge >= 0.3 is 0 Å². The number of ether oxygens (including phenoxy) is 1. The van der Waals surface area contributed by atoms with Crippen LogP contribution in [0.25, 0.3) is 0 Å². The number of rotatable bonds is 4. The molecule has 1 fully saturated rings. The van der Waals surface area contributed by atoms with Gasteiger partial charge in [-0.15, -0.1) is 12.3 Å². The van der Waals surface area contributed by atoms with Gasteiger partial charge in [-0.1, -0.05) is 0 Å². The summed E-state index contributed by atoms with van der Waals surface area (Å²) in [5.41, 5.74) is 5.74. The van der Waals surface area contributed by atoms with E-state index in [1.807, 2.05) is 0 Å². The molecule has 2 N–H and O–H groups in total. The van der Waals surface area contributed by atoms with Crippen LogP contribution >= 0.6 is 0 Å². The topological polar surface area (TPSA) is 35.2 Å². The highest BCUT2D eigenvalue weighted by Gasteiger charge is 2.21. The minimum absolute atomic E-state index is 0.364. The van der Waals surface area contributed by atoms with Gasteiger partial charge in [0.25, 0.3) is 0 Å². The molecule has 0 aliphatic heterocycles. The van der Waals surface area contributed by atoms with E-state index in [1.54, 1.807) is 0 Å². The Balaban J connectivity index is 1.97. The van der Waals surface area contributed by atoms with E-state index < -0.39 is 0 Å². The van der Waals surface area contributed by atoms with Crippen molar-refractivity contribution in [2.24, 2.45) is 5.73 Å². The largest absolute Gasteiger partial charge is 0.378 e. The number of hydrogen-bond acceptors (Lipinski definition) is 2. The summed E-state index contributed by atoms with van der Waals surface area (Å²) in [7, 11) is 0. The molecule has 2 nitrogen and oxygen atoms in total. The summed E-state index contributed by atoms with van der Waals surface area (Å²) in [4.78, 5) is 0. The predicted octanol–water partition coefficient (Wildman–Crippen LogP) is 1.30. The van der Waals surface area contributed by atoms with Crippen LogP contribution in [-0.4, -0.2) is 18.8 Å². The maximum absolute atomic E-state index is 5.74. The molecule has 1 rings (SSSR count). The molecule has 0 aromatic rings. The average molecular weight is 167 g/mol. The van der Waals surface area contributed by atoms with Gasteiger partial charge in [0, 0.05) is 19.1 Å². The molecule has 1 saturated carbocycles. The Kier molecular flexibility index (Phi) is 4.13. The lowest BCUT2D eigenvalue weighted by molar-refractivity contribution is 0.0566. The zero-order valence-corrected chi connectivity index (χ0v) is 7.46. The van der Waals surface area contributed by atoms with E-state index >= 15 is 0 Å². The molecule has 0 aromatic carbocycles. The van der Waals surface area contributed by atoms with Gasteiger partial charge in [-0.25, -0.2) is 0 Å². The third-order valence-electron chi connectivity index (χ3n) is 2.24. The third kappa shape index (κ3) is 3.25.